The van der Waals surface area contributed by atoms with Gasteiger partial charge in [-0.15, -0.1) is 0 Å². The Labute approximate surface area is 148 Å². The smallest absolute Gasteiger partial charge is 0.408 e. The summed E-state index contributed by atoms with van der Waals surface area (Å²) < 4.78 is 6.57. The molecule has 8 heteroatoms. The first kappa shape index (κ1) is 17.3. The van der Waals surface area contributed by atoms with Crippen molar-refractivity contribution in [1.29, 1.82) is 0 Å². The average molecular weight is 354 g/mol. The van der Waals surface area contributed by atoms with Crippen molar-refractivity contribution in [3.05, 3.63) is 59.1 Å². The van der Waals surface area contributed by atoms with Gasteiger partial charge in [-0.25, -0.2) is 9.59 Å². The lowest BCUT2D eigenvalue weighted by molar-refractivity contribution is -0.116. The summed E-state index contributed by atoms with van der Waals surface area (Å²) in [6, 6.07) is 13.5. The van der Waals surface area contributed by atoms with Crippen LogP contribution in [0.4, 0.5) is 16.2 Å². The van der Waals surface area contributed by atoms with E-state index in [1.54, 1.807) is 48.5 Å². The van der Waals surface area contributed by atoms with E-state index in [2.05, 4.69) is 16.0 Å². The van der Waals surface area contributed by atoms with Crippen LogP contribution in [0.5, 0.6) is 0 Å². The number of anilines is 2. The van der Waals surface area contributed by atoms with E-state index in [1.165, 1.54) is 11.6 Å². The fraction of sp³-hybridized carbons (Fsp3) is 0.167. The second-order valence-electron chi connectivity index (χ2n) is 5.57. The van der Waals surface area contributed by atoms with Crippen molar-refractivity contribution in [3.63, 3.8) is 0 Å². The van der Waals surface area contributed by atoms with Gasteiger partial charge in [0.05, 0.1) is 5.52 Å². The molecule has 0 bridgehead atoms. The highest BCUT2D eigenvalue weighted by molar-refractivity contribution is 5.93. The third-order valence-electron chi connectivity index (χ3n) is 3.77. The molecular weight excluding hydrogens is 336 g/mol. The van der Waals surface area contributed by atoms with Crippen molar-refractivity contribution in [1.82, 2.24) is 9.88 Å². The Kier molecular flexibility index (Phi) is 5.02. The number of benzene rings is 2. The second kappa shape index (κ2) is 7.56. The number of urea groups is 1. The number of aryl methyl sites for hydroxylation is 1. The third-order valence-corrected chi connectivity index (χ3v) is 3.77. The van der Waals surface area contributed by atoms with E-state index >= 15 is 0 Å². The second-order valence-corrected chi connectivity index (χ2v) is 5.57. The lowest BCUT2D eigenvalue weighted by Gasteiger charge is -2.09. The molecule has 2 aromatic carbocycles. The number of nitrogens with zero attached hydrogens (tertiary/aromatic N) is 1. The van der Waals surface area contributed by atoms with Crippen molar-refractivity contribution >= 4 is 34.4 Å². The Bertz CT molecular complexity index is 1010. The van der Waals surface area contributed by atoms with Crippen LogP contribution >= 0.6 is 0 Å². The average Bonchev–Trinajstić information content (AvgIpc) is 2.95. The van der Waals surface area contributed by atoms with Gasteiger partial charge < -0.3 is 20.4 Å². The largest absolute Gasteiger partial charge is 0.419 e. The number of fused-ring (bicyclic) bond motifs is 1. The third kappa shape index (κ3) is 3.92. The summed E-state index contributed by atoms with van der Waals surface area (Å²) in [4.78, 5) is 35.4. The van der Waals surface area contributed by atoms with Crippen molar-refractivity contribution < 1.29 is 14.0 Å². The molecule has 0 saturated heterocycles. The normalized spacial score (nSPS) is 10.5. The molecule has 0 aliphatic carbocycles. The SMILES string of the molecule is CNC(=O)Nc1cccc(NC(=O)CCn2c(=O)oc3ccccc32)c1. The minimum absolute atomic E-state index is 0.108. The maximum absolute atomic E-state index is 12.2. The lowest BCUT2D eigenvalue weighted by atomic mass is 10.2. The number of oxazole rings is 1. The Balaban J connectivity index is 1.64. The number of para-hydroxylation sites is 2. The van der Waals surface area contributed by atoms with Crippen molar-refractivity contribution in [2.45, 2.75) is 13.0 Å². The fourth-order valence-electron chi connectivity index (χ4n) is 2.53. The van der Waals surface area contributed by atoms with Crippen LogP contribution in [0.1, 0.15) is 6.42 Å². The van der Waals surface area contributed by atoms with Gasteiger partial charge >= 0.3 is 11.8 Å². The molecule has 0 aliphatic rings. The van der Waals surface area contributed by atoms with Crippen molar-refractivity contribution in [2.24, 2.45) is 0 Å². The zero-order valence-corrected chi connectivity index (χ0v) is 14.1. The molecule has 1 aromatic heterocycles. The summed E-state index contributed by atoms with van der Waals surface area (Å²) in [6.07, 6.45) is 0.108. The van der Waals surface area contributed by atoms with Gasteiger partial charge in [0.1, 0.15) is 0 Å². The fourth-order valence-corrected chi connectivity index (χ4v) is 2.53. The molecule has 0 atom stereocenters. The quantitative estimate of drug-likeness (QED) is 0.654. The molecule has 0 unspecified atom stereocenters. The van der Waals surface area contributed by atoms with E-state index in [9.17, 15) is 14.4 Å². The molecule has 0 radical (unpaired) electrons. The molecule has 3 amide bonds. The topological polar surface area (TPSA) is 105 Å². The van der Waals surface area contributed by atoms with E-state index in [0.29, 0.717) is 22.5 Å². The number of carbonyl (C=O) groups is 2. The van der Waals surface area contributed by atoms with E-state index in [-0.39, 0.29) is 24.9 Å². The Morgan fingerprint density at radius 1 is 1.04 bits per heavy atom. The highest BCUT2D eigenvalue weighted by atomic mass is 16.4. The molecule has 0 aliphatic heterocycles. The van der Waals surface area contributed by atoms with Crippen LogP contribution in [0.15, 0.2) is 57.7 Å². The van der Waals surface area contributed by atoms with Gasteiger partial charge in [-0.1, -0.05) is 18.2 Å². The highest BCUT2D eigenvalue weighted by Crippen LogP contribution is 2.16. The summed E-state index contributed by atoms with van der Waals surface area (Å²) in [5.41, 5.74) is 2.25. The van der Waals surface area contributed by atoms with E-state index in [1.807, 2.05) is 0 Å². The molecule has 0 saturated carbocycles. The monoisotopic (exact) mass is 354 g/mol. The first-order valence-electron chi connectivity index (χ1n) is 8.04. The summed E-state index contributed by atoms with van der Waals surface area (Å²) in [7, 11) is 1.52. The molecule has 3 N–H and O–H groups in total. The van der Waals surface area contributed by atoms with Gasteiger partial charge in [-0.05, 0) is 30.3 Å². The van der Waals surface area contributed by atoms with Crippen LogP contribution in [-0.2, 0) is 11.3 Å². The van der Waals surface area contributed by atoms with Gasteiger partial charge in [0, 0.05) is 31.4 Å². The van der Waals surface area contributed by atoms with Crippen LogP contribution in [0.2, 0.25) is 0 Å². The van der Waals surface area contributed by atoms with E-state index in [0.717, 1.165) is 0 Å². The zero-order valence-electron chi connectivity index (χ0n) is 14.1. The molecule has 1 heterocycles. The van der Waals surface area contributed by atoms with Gasteiger partial charge in [-0.3, -0.25) is 9.36 Å². The Morgan fingerprint density at radius 3 is 2.54 bits per heavy atom. The Hall–Kier alpha value is -3.55. The zero-order chi connectivity index (χ0) is 18.5. The standard InChI is InChI=1S/C18H18N4O4/c1-19-17(24)21-13-6-4-5-12(11-13)20-16(23)9-10-22-14-7-2-3-8-15(14)26-18(22)25/h2-8,11H,9-10H2,1H3,(H,20,23)(H2,19,21,24). The molecule has 134 valence electrons. The predicted octanol–water partition coefficient (Wildman–Crippen LogP) is 2.37. The molecule has 3 aromatic rings. The minimum atomic E-state index is -0.490. The van der Waals surface area contributed by atoms with Crippen LogP contribution in [0.3, 0.4) is 0 Å². The van der Waals surface area contributed by atoms with Gasteiger partial charge in [-0.2, -0.15) is 0 Å². The first-order valence-corrected chi connectivity index (χ1v) is 8.04. The summed E-state index contributed by atoms with van der Waals surface area (Å²) in [5, 5.41) is 7.83. The lowest BCUT2D eigenvalue weighted by Crippen LogP contribution is -2.24. The van der Waals surface area contributed by atoms with Crippen LogP contribution in [0, 0.1) is 0 Å². The van der Waals surface area contributed by atoms with Gasteiger partial charge in [0.15, 0.2) is 5.58 Å². The van der Waals surface area contributed by atoms with E-state index in [4.69, 9.17) is 4.42 Å². The van der Waals surface area contributed by atoms with Crippen molar-refractivity contribution in [2.75, 3.05) is 17.7 Å². The number of aromatic nitrogens is 1. The number of hydrogen-bond acceptors (Lipinski definition) is 4. The Morgan fingerprint density at radius 2 is 1.77 bits per heavy atom. The summed E-state index contributed by atoms with van der Waals surface area (Å²) >= 11 is 0. The summed E-state index contributed by atoms with van der Waals surface area (Å²) in [6.45, 7) is 0.206. The van der Waals surface area contributed by atoms with Crippen LogP contribution in [-0.4, -0.2) is 23.6 Å². The number of rotatable bonds is 5. The number of amides is 3. The van der Waals surface area contributed by atoms with Gasteiger partial charge in [0.2, 0.25) is 5.91 Å². The number of hydrogen-bond donors (Lipinski definition) is 3. The van der Waals surface area contributed by atoms with Gasteiger partial charge in [0.25, 0.3) is 0 Å². The minimum Gasteiger partial charge on any atom is -0.408 e. The number of nitrogens with one attached hydrogen (secondary N) is 3. The number of carbonyl (C=O) groups excluding carboxylic acids is 2. The molecule has 3 rings (SSSR count). The maximum atomic E-state index is 12.2. The molecule has 8 nitrogen and oxygen atoms in total. The van der Waals surface area contributed by atoms with E-state index < -0.39 is 5.76 Å². The summed E-state index contributed by atoms with van der Waals surface area (Å²) in [5.74, 6) is -0.741. The first-order chi connectivity index (χ1) is 12.6. The predicted molar refractivity (Wildman–Crippen MR) is 98.2 cm³/mol. The highest BCUT2D eigenvalue weighted by Gasteiger charge is 2.11. The molecule has 26 heavy (non-hydrogen) atoms. The molecule has 0 fully saturated rings. The van der Waals surface area contributed by atoms with Crippen LogP contribution < -0.4 is 21.7 Å². The van der Waals surface area contributed by atoms with Crippen molar-refractivity contribution in [3.8, 4) is 0 Å². The maximum Gasteiger partial charge on any atom is 0.419 e. The molecular formula is C18H18N4O4. The van der Waals surface area contributed by atoms with Crippen LogP contribution in [0.25, 0.3) is 11.1 Å². The molecule has 0 spiro atoms.